The predicted octanol–water partition coefficient (Wildman–Crippen LogP) is 4.90. The van der Waals surface area contributed by atoms with Gasteiger partial charge in [-0.2, -0.15) is 13.2 Å². The Bertz CT molecular complexity index is 1240. The van der Waals surface area contributed by atoms with Gasteiger partial charge in [0, 0.05) is 58.9 Å². The molecule has 34 heavy (non-hydrogen) atoms. The van der Waals surface area contributed by atoms with Crippen LogP contribution in [0.3, 0.4) is 0 Å². The van der Waals surface area contributed by atoms with Gasteiger partial charge < -0.3 is 15.1 Å². The van der Waals surface area contributed by atoms with Crippen LogP contribution in [-0.2, 0) is 6.18 Å². The van der Waals surface area contributed by atoms with Gasteiger partial charge in [-0.25, -0.2) is 0 Å². The second-order valence-electron chi connectivity index (χ2n) is 8.62. The average molecular weight is 508 g/mol. The molecule has 2 fully saturated rings. The first-order chi connectivity index (χ1) is 16.2. The minimum absolute atomic E-state index is 0.0140. The van der Waals surface area contributed by atoms with Crippen LogP contribution in [0.1, 0.15) is 32.0 Å². The van der Waals surface area contributed by atoms with Crippen LogP contribution in [0.4, 0.5) is 13.2 Å². The monoisotopic (exact) mass is 507 g/mol. The molecule has 1 atom stereocenters. The molecule has 0 spiro atoms. The summed E-state index contributed by atoms with van der Waals surface area (Å²) in [4.78, 5) is 28.5. The first-order valence-electron chi connectivity index (χ1n) is 10.9. The molecule has 178 valence electrons. The number of nitrogens with zero attached hydrogens (tertiary/aromatic N) is 2. The molecule has 0 bridgehead atoms. The summed E-state index contributed by atoms with van der Waals surface area (Å²) in [5, 5.41) is 3.59. The highest BCUT2D eigenvalue weighted by molar-refractivity contribution is 7.21. The van der Waals surface area contributed by atoms with Crippen LogP contribution >= 0.6 is 22.9 Å². The van der Waals surface area contributed by atoms with Crippen molar-refractivity contribution in [1.29, 1.82) is 0 Å². The van der Waals surface area contributed by atoms with Gasteiger partial charge in [0.15, 0.2) is 0 Å². The maximum atomic E-state index is 13.8. The standard InChI is InChI=1S/C24H21ClF3N3O2S/c25-15-6-7-19-18(10-15)20(24(26,27)28)21(34-19)23(33)31-12-17(13-31)29-16-8-9-30(11-16)22(32)14-4-2-1-3-5-14/h1-7,10,16-17,29H,8-9,11-13H2/t16-/m0/s1. The number of halogens is 4. The van der Waals surface area contributed by atoms with Crippen molar-refractivity contribution in [2.45, 2.75) is 24.7 Å². The van der Waals surface area contributed by atoms with Crippen LogP contribution in [0.5, 0.6) is 0 Å². The van der Waals surface area contributed by atoms with E-state index in [1.165, 1.54) is 23.1 Å². The highest BCUT2D eigenvalue weighted by Gasteiger charge is 2.42. The molecule has 3 aromatic rings. The van der Waals surface area contributed by atoms with Crippen LogP contribution < -0.4 is 5.32 Å². The Balaban J connectivity index is 1.21. The van der Waals surface area contributed by atoms with E-state index in [1.54, 1.807) is 17.0 Å². The number of hydrogen-bond donors (Lipinski definition) is 1. The van der Waals surface area contributed by atoms with Crippen LogP contribution in [0.15, 0.2) is 48.5 Å². The molecule has 5 rings (SSSR count). The molecular formula is C24H21ClF3N3O2S. The highest BCUT2D eigenvalue weighted by Crippen LogP contribution is 2.43. The average Bonchev–Trinajstić information content (AvgIpc) is 3.40. The molecule has 0 saturated carbocycles. The molecule has 0 unspecified atom stereocenters. The minimum atomic E-state index is -4.66. The molecule has 1 N–H and O–H groups in total. The van der Waals surface area contributed by atoms with Gasteiger partial charge in [-0.05, 0) is 36.8 Å². The lowest BCUT2D eigenvalue weighted by Crippen LogP contribution is -2.62. The zero-order valence-corrected chi connectivity index (χ0v) is 19.5. The second-order valence-corrected chi connectivity index (χ2v) is 10.1. The maximum absolute atomic E-state index is 13.8. The van der Waals surface area contributed by atoms with Crippen molar-refractivity contribution in [3.05, 3.63) is 69.6 Å². The van der Waals surface area contributed by atoms with E-state index >= 15 is 0 Å². The molecule has 0 radical (unpaired) electrons. The molecule has 2 saturated heterocycles. The number of carbonyl (C=O) groups excluding carboxylic acids is 2. The summed E-state index contributed by atoms with van der Waals surface area (Å²) in [6, 6.07) is 13.5. The van der Waals surface area contributed by atoms with Gasteiger partial charge in [0.25, 0.3) is 11.8 Å². The predicted molar refractivity (Wildman–Crippen MR) is 125 cm³/mol. The SMILES string of the molecule is O=C(c1ccccc1)N1CC[C@H](NC2CN(C(=O)c3sc4ccc(Cl)cc4c3C(F)(F)F)C2)C1. The quantitative estimate of drug-likeness (QED) is 0.546. The largest absolute Gasteiger partial charge is 0.418 e. The van der Waals surface area contributed by atoms with Gasteiger partial charge in [-0.3, -0.25) is 9.59 Å². The molecule has 5 nitrogen and oxygen atoms in total. The van der Waals surface area contributed by atoms with Crippen LogP contribution in [0, 0.1) is 0 Å². The highest BCUT2D eigenvalue weighted by atomic mass is 35.5. The molecule has 0 aliphatic carbocycles. The lowest BCUT2D eigenvalue weighted by molar-refractivity contribution is -0.136. The third-order valence-corrected chi connectivity index (χ3v) is 7.66. The van der Waals surface area contributed by atoms with E-state index in [2.05, 4.69) is 5.32 Å². The van der Waals surface area contributed by atoms with Gasteiger partial charge in [-0.1, -0.05) is 29.8 Å². The Kier molecular flexibility index (Phi) is 6.03. The molecule has 2 aromatic carbocycles. The Morgan fingerprint density at radius 3 is 2.38 bits per heavy atom. The van der Waals surface area contributed by atoms with Crippen molar-refractivity contribution in [3.63, 3.8) is 0 Å². The number of hydrogen-bond acceptors (Lipinski definition) is 4. The lowest BCUT2D eigenvalue weighted by Gasteiger charge is -2.41. The van der Waals surface area contributed by atoms with E-state index < -0.39 is 17.6 Å². The zero-order valence-electron chi connectivity index (χ0n) is 17.9. The Morgan fingerprint density at radius 1 is 0.971 bits per heavy atom. The minimum Gasteiger partial charge on any atom is -0.337 e. The molecule has 2 aliphatic rings. The van der Waals surface area contributed by atoms with E-state index in [1.807, 2.05) is 18.2 Å². The summed E-state index contributed by atoms with van der Waals surface area (Å²) >= 11 is 6.75. The van der Waals surface area contributed by atoms with E-state index in [-0.39, 0.29) is 33.3 Å². The van der Waals surface area contributed by atoms with E-state index in [9.17, 15) is 22.8 Å². The molecule has 2 aliphatic heterocycles. The third-order valence-electron chi connectivity index (χ3n) is 6.26. The van der Waals surface area contributed by atoms with Gasteiger partial charge in [-0.15, -0.1) is 11.3 Å². The Hall–Kier alpha value is -2.62. The summed E-state index contributed by atoms with van der Waals surface area (Å²) < 4.78 is 41.8. The van der Waals surface area contributed by atoms with Crippen molar-refractivity contribution < 1.29 is 22.8 Å². The van der Waals surface area contributed by atoms with Crippen LogP contribution in [0.25, 0.3) is 10.1 Å². The number of amides is 2. The first-order valence-corrected chi connectivity index (χ1v) is 12.1. The molecule has 2 amide bonds. The molecule has 3 heterocycles. The number of thiophene rings is 1. The van der Waals surface area contributed by atoms with Crippen molar-refractivity contribution >= 4 is 44.8 Å². The fraction of sp³-hybridized carbons (Fsp3) is 0.333. The number of benzene rings is 2. The second kappa shape index (κ2) is 8.87. The van der Waals surface area contributed by atoms with Gasteiger partial charge in [0.1, 0.15) is 4.88 Å². The number of alkyl halides is 3. The fourth-order valence-corrected chi connectivity index (χ4v) is 5.92. The van der Waals surface area contributed by atoms with E-state index in [0.29, 0.717) is 36.4 Å². The number of carbonyl (C=O) groups is 2. The smallest absolute Gasteiger partial charge is 0.337 e. The fourth-order valence-electron chi connectivity index (χ4n) is 4.57. The first kappa shape index (κ1) is 23.1. The Morgan fingerprint density at radius 2 is 1.68 bits per heavy atom. The van der Waals surface area contributed by atoms with Crippen molar-refractivity contribution in [1.82, 2.24) is 15.1 Å². The van der Waals surface area contributed by atoms with Crippen molar-refractivity contribution in [2.24, 2.45) is 0 Å². The summed E-state index contributed by atoms with van der Waals surface area (Å²) in [6.07, 6.45) is -3.87. The van der Waals surface area contributed by atoms with Crippen molar-refractivity contribution in [3.8, 4) is 0 Å². The van der Waals surface area contributed by atoms with E-state index in [0.717, 1.165) is 17.8 Å². The van der Waals surface area contributed by atoms with Gasteiger partial charge >= 0.3 is 6.18 Å². The number of rotatable bonds is 4. The summed E-state index contributed by atoms with van der Waals surface area (Å²) in [6.45, 7) is 1.86. The third kappa shape index (κ3) is 4.39. The Labute approximate surface area is 203 Å². The maximum Gasteiger partial charge on any atom is 0.418 e. The van der Waals surface area contributed by atoms with Crippen molar-refractivity contribution in [2.75, 3.05) is 26.2 Å². The van der Waals surface area contributed by atoms with Gasteiger partial charge in [0.05, 0.1) is 5.56 Å². The van der Waals surface area contributed by atoms with E-state index in [4.69, 9.17) is 11.6 Å². The molecule has 10 heteroatoms. The summed E-state index contributed by atoms with van der Waals surface area (Å²) in [5.74, 6) is -0.630. The van der Waals surface area contributed by atoms with Crippen LogP contribution in [-0.4, -0.2) is 59.9 Å². The number of nitrogens with one attached hydrogen (secondary N) is 1. The zero-order chi connectivity index (χ0) is 24.0. The topological polar surface area (TPSA) is 52.7 Å². The lowest BCUT2D eigenvalue weighted by atomic mass is 10.0. The normalized spacial score (nSPS) is 19.0. The van der Waals surface area contributed by atoms with Gasteiger partial charge in [0.2, 0.25) is 0 Å². The number of likely N-dealkylation sites (tertiary alicyclic amines) is 2. The summed E-state index contributed by atoms with van der Waals surface area (Å²) in [5.41, 5.74) is -0.268. The molecular weight excluding hydrogens is 487 g/mol. The summed E-state index contributed by atoms with van der Waals surface area (Å²) in [7, 11) is 0. The number of fused-ring (bicyclic) bond motifs is 1. The van der Waals surface area contributed by atoms with Crippen LogP contribution in [0.2, 0.25) is 5.02 Å². The molecule has 1 aromatic heterocycles.